The van der Waals surface area contributed by atoms with E-state index in [2.05, 4.69) is 5.32 Å². The predicted molar refractivity (Wildman–Crippen MR) is 78.2 cm³/mol. The highest BCUT2D eigenvalue weighted by Crippen LogP contribution is 2.34. The first-order valence-electron chi connectivity index (χ1n) is 6.00. The molecule has 0 atom stereocenters. The molecular formula is C12H20N2O5S. The van der Waals surface area contributed by atoms with Crippen LogP contribution >= 0.6 is 0 Å². The van der Waals surface area contributed by atoms with Gasteiger partial charge in [0.05, 0.1) is 43.7 Å². The van der Waals surface area contributed by atoms with Gasteiger partial charge in [-0.05, 0) is 0 Å². The quantitative estimate of drug-likeness (QED) is 0.584. The van der Waals surface area contributed by atoms with Crippen molar-refractivity contribution >= 4 is 21.2 Å². The molecule has 0 fully saturated rings. The first kappa shape index (κ1) is 16.4. The van der Waals surface area contributed by atoms with E-state index in [0.717, 1.165) is 0 Å². The number of aliphatic hydroxyl groups is 1. The van der Waals surface area contributed by atoms with Crippen molar-refractivity contribution in [1.82, 2.24) is 0 Å². The Morgan fingerprint density at radius 1 is 1.20 bits per heavy atom. The van der Waals surface area contributed by atoms with E-state index in [0.29, 0.717) is 22.9 Å². The van der Waals surface area contributed by atoms with E-state index in [1.54, 1.807) is 12.1 Å². The monoisotopic (exact) mass is 304 g/mol. The Bertz CT molecular complexity index is 545. The van der Waals surface area contributed by atoms with E-state index in [-0.39, 0.29) is 24.7 Å². The fourth-order valence-electron chi connectivity index (χ4n) is 1.64. The number of benzene rings is 1. The van der Waals surface area contributed by atoms with Gasteiger partial charge >= 0.3 is 0 Å². The summed E-state index contributed by atoms with van der Waals surface area (Å²) in [7, 11) is -0.266. The van der Waals surface area contributed by atoms with Gasteiger partial charge in [0.15, 0.2) is 9.84 Å². The van der Waals surface area contributed by atoms with E-state index in [1.165, 1.54) is 14.2 Å². The zero-order valence-corrected chi connectivity index (χ0v) is 12.4. The van der Waals surface area contributed by atoms with Crippen LogP contribution in [0.15, 0.2) is 12.1 Å². The van der Waals surface area contributed by atoms with Crippen LogP contribution in [-0.2, 0) is 9.84 Å². The molecule has 0 unspecified atom stereocenters. The van der Waals surface area contributed by atoms with Crippen molar-refractivity contribution in [2.75, 3.05) is 49.9 Å². The van der Waals surface area contributed by atoms with Gasteiger partial charge in [-0.1, -0.05) is 0 Å². The molecule has 0 spiro atoms. The van der Waals surface area contributed by atoms with Crippen LogP contribution in [0.1, 0.15) is 0 Å². The van der Waals surface area contributed by atoms with E-state index in [9.17, 15) is 8.42 Å². The number of ether oxygens (including phenoxy) is 2. The minimum absolute atomic E-state index is 0.0800. The molecule has 0 saturated heterocycles. The highest BCUT2D eigenvalue weighted by atomic mass is 32.2. The molecule has 0 aromatic heterocycles. The molecule has 0 heterocycles. The van der Waals surface area contributed by atoms with Crippen molar-refractivity contribution in [1.29, 1.82) is 0 Å². The molecule has 0 radical (unpaired) electrons. The summed E-state index contributed by atoms with van der Waals surface area (Å²) in [5.41, 5.74) is 6.79. The molecule has 114 valence electrons. The number of rotatable bonds is 8. The standard InChI is InChI=1S/C12H20N2O5S/c1-18-11-8-10(12(19-2)7-9(11)13)14-3-5-20(16,17)6-4-15/h7-8,14-15H,3-6,13H2,1-2H3. The van der Waals surface area contributed by atoms with Gasteiger partial charge in [0, 0.05) is 18.7 Å². The highest BCUT2D eigenvalue weighted by molar-refractivity contribution is 7.91. The fraction of sp³-hybridized carbons (Fsp3) is 0.500. The SMILES string of the molecule is COc1cc(NCCS(=O)(=O)CCO)c(OC)cc1N. The third-order valence-electron chi connectivity index (χ3n) is 2.68. The normalized spacial score (nSPS) is 11.2. The minimum Gasteiger partial charge on any atom is -0.495 e. The summed E-state index contributed by atoms with van der Waals surface area (Å²) in [6.07, 6.45) is 0. The van der Waals surface area contributed by atoms with Crippen LogP contribution < -0.4 is 20.5 Å². The number of nitrogens with two attached hydrogens (primary N) is 1. The summed E-state index contributed by atoms with van der Waals surface area (Å²) in [5, 5.41) is 11.6. The lowest BCUT2D eigenvalue weighted by Gasteiger charge is -2.14. The van der Waals surface area contributed by atoms with Crippen LogP contribution in [0, 0.1) is 0 Å². The van der Waals surface area contributed by atoms with Crippen molar-refractivity contribution < 1.29 is 23.0 Å². The third kappa shape index (κ3) is 4.46. The Labute approximate surface area is 118 Å². The van der Waals surface area contributed by atoms with Crippen LogP contribution in [0.3, 0.4) is 0 Å². The van der Waals surface area contributed by atoms with E-state index in [4.69, 9.17) is 20.3 Å². The van der Waals surface area contributed by atoms with Crippen molar-refractivity contribution in [2.45, 2.75) is 0 Å². The maximum atomic E-state index is 11.5. The number of hydrogen-bond acceptors (Lipinski definition) is 7. The second-order valence-corrected chi connectivity index (χ2v) is 6.40. The molecule has 7 nitrogen and oxygen atoms in total. The van der Waals surface area contributed by atoms with E-state index in [1.807, 2.05) is 0 Å². The van der Waals surface area contributed by atoms with Crippen LogP contribution in [0.5, 0.6) is 11.5 Å². The Morgan fingerprint density at radius 2 is 1.85 bits per heavy atom. The Kier molecular flexibility index (Phi) is 5.90. The third-order valence-corrected chi connectivity index (χ3v) is 4.31. The maximum absolute atomic E-state index is 11.5. The van der Waals surface area contributed by atoms with Gasteiger partial charge in [0.2, 0.25) is 0 Å². The van der Waals surface area contributed by atoms with Crippen molar-refractivity contribution in [3.63, 3.8) is 0 Å². The van der Waals surface area contributed by atoms with Crippen LogP contribution in [-0.4, -0.2) is 52.4 Å². The molecule has 1 aromatic carbocycles. The largest absolute Gasteiger partial charge is 0.495 e. The van der Waals surface area contributed by atoms with Gasteiger partial charge in [0.25, 0.3) is 0 Å². The molecule has 4 N–H and O–H groups in total. The molecule has 20 heavy (non-hydrogen) atoms. The molecule has 0 aliphatic rings. The number of aliphatic hydroxyl groups excluding tert-OH is 1. The first-order valence-corrected chi connectivity index (χ1v) is 7.82. The Balaban J connectivity index is 2.77. The zero-order valence-electron chi connectivity index (χ0n) is 11.5. The number of anilines is 2. The number of sulfone groups is 1. The second-order valence-electron chi connectivity index (χ2n) is 4.10. The molecule has 1 rings (SSSR count). The Morgan fingerprint density at radius 3 is 2.40 bits per heavy atom. The molecule has 0 bridgehead atoms. The van der Waals surface area contributed by atoms with Gasteiger partial charge in [-0.3, -0.25) is 0 Å². The Hall–Kier alpha value is -1.67. The number of hydrogen-bond donors (Lipinski definition) is 3. The highest BCUT2D eigenvalue weighted by Gasteiger charge is 2.12. The van der Waals surface area contributed by atoms with Gasteiger partial charge in [0.1, 0.15) is 11.5 Å². The van der Waals surface area contributed by atoms with Crippen molar-refractivity contribution in [2.24, 2.45) is 0 Å². The summed E-state index contributed by atoms with van der Waals surface area (Å²) >= 11 is 0. The molecule has 8 heteroatoms. The zero-order chi connectivity index (χ0) is 15.2. The van der Waals surface area contributed by atoms with E-state index >= 15 is 0 Å². The molecule has 0 aliphatic carbocycles. The molecule has 1 aromatic rings. The molecular weight excluding hydrogens is 284 g/mol. The molecule has 0 saturated carbocycles. The first-order chi connectivity index (χ1) is 9.43. The van der Waals surface area contributed by atoms with Gasteiger partial charge < -0.3 is 25.6 Å². The summed E-state index contributed by atoms with van der Waals surface area (Å²) in [4.78, 5) is 0. The lowest BCUT2D eigenvalue weighted by atomic mass is 10.2. The van der Waals surface area contributed by atoms with Gasteiger partial charge in [-0.15, -0.1) is 0 Å². The lowest BCUT2D eigenvalue weighted by molar-refractivity contribution is 0.319. The summed E-state index contributed by atoms with van der Waals surface area (Å²) in [6, 6.07) is 3.25. The van der Waals surface area contributed by atoms with Crippen molar-refractivity contribution in [3.05, 3.63) is 12.1 Å². The topological polar surface area (TPSA) is 111 Å². The number of methoxy groups -OCH3 is 2. The molecule has 0 amide bonds. The smallest absolute Gasteiger partial charge is 0.154 e. The number of nitrogen functional groups attached to an aromatic ring is 1. The maximum Gasteiger partial charge on any atom is 0.154 e. The summed E-state index contributed by atoms with van der Waals surface area (Å²) in [6.45, 7) is -0.173. The lowest BCUT2D eigenvalue weighted by Crippen LogP contribution is -2.20. The van der Waals surface area contributed by atoms with Crippen LogP contribution in [0.4, 0.5) is 11.4 Å². The van der Waals surface area contributed by atoms with E-state index < -0.39 is 9.84 Å². The van der Waals surface area contributed by atoms with Crippen LogP contribution in [0.2, 0.25) is 0 Å². The van der Waals surface area contributed by atoms with Crippen LogP contribution in [0.25, 0.3) is 0 Å². The fourth-order valence-corrected chi connectivity index (χ4v) is 2.54. The van der Waals surface area contributed by atoms with Gasteiger partial charge in [-0.2, -0.15) is 0 Å². The minimum atomic E-state index is -3.25. The summed E-state index contributed by atoms with van der Waals surface area (Å²) < 4.78 is 33.2. The summed E-state index contributed by atoms with van der Waals surface area (Å²) in [5.74, 6) is 0.662. The number of nitrogens with one attached hydrogen (secondary N) is 1. The second kappa shape index (κ2) is 7.20. The van der Waals surface area contributed by atoms with Gasteiger partial charge in [-0.25, -0.2) is 8.42 Å². The molecule has 0 aliphatic heterocycles. The average molecular weight is 304 g/mol. The predicted octanol–water partition coefficient (Wildman–Crippen LogP) is 0.105. The average Bonchev–Trinajstić information content (AvgIpc) is 2.39. The van der Waals surface area contributed by atoms with Crippen molar-refractivity contribution in [3.8, 4) is 11.5 Å².